The number of halogens is 5. The Hall–Kier alpha value is -4.27. The molecular formula is C41H50F5NO12. The average Bonchev–Trinajstić information content (AvgIpc) is 3.57. The minimum absolute atomic E-state index is 0.0242. The summed E-state index contributed by atoms with van der Waals surface area (Å²) in [7, 11) is 0. The van der Waals surface area contributed by atoms with Gasteiger partial charge in [-0.25, -0.2) is 18.0 Å². The van der Waals surface area contributed by atoms with Gasteiger partial charge in [0.25, 0.3) is 0 Å². The predicted octanol–water partition coefficient (Wildman–Crippen LogP) is 5.74. The van der Waals surface area contributed by atoms with Gasteiger partial charge in [0.2, 0.25) is 34.8 Å². The SMILES string of the molecule is O=C(CCOCCOCCOCCOCCOCCOCCOCCOCCCNC(=O)OCC1c2ccccc2-c2ccccc21)Oc1c(F)c(F)c(F)c(F)c1F. The lowest BCUT2D eigenvalue weighted by Gasteiger charge is -2.14. The van der Waals surface area contributed by atoms with Crippen molar-refractivity contribution in [1.82, 2.24) is 5.32 Å². The molecule has 59 heavy (non-hydrogen) atoms. The molecule has 3 aromatic carbocycles. The van der Waals surface area contributed by atoms with Crippen molar-refractivity contribution >= 4 is 12.1 Å². The summed E-state index contributed by atoms with van der Waals surface area (Å²) in [4.78, 5) is 23.9. The van der Waals surface area contributed by atoms with Crippen LogP contribution in [0.5, 0.6) is 5.75 Å². The molecule has 0 saturated carbocycles. The Morgan fingerprint density at radius 1 is 0.492 bits per heavy atom. The van der Waals surface area contributed by atoms with Crippen molar-refractivity contribution in [2.75, 3.05) is 119 Å². The highest BCUT2D eigenvalue weighted by atomic mass is 19.2. The molecule has 1 N–H and O–H groups in total. The maximum absolute atomic E-state index is 13.6. The number of esters is 1. The lowest BCUT2D eigenvalue weighted by atomic mass is 9.98. The van der Waals surface area contributed by atoms with Crippen molar-refractivity contribution in [3.63, 3.8) is 0 Å². The zero-order valence-electron chi connectivity index (χ0n) is 32.6. The normalized spacial score (nSPS) is 12.1. The number of hydrogen-bond acceptors (Lipinski definition) is 12. The van der Waals surface area contributed by atoms with E-state index in [0.717, 1.165) is 0 Å². The highest BCUT2D eigenvalue weighted by Crippen LogP contribution is 2.44. The van der Waals surface area contributed by atoms with E-state index >= 15 is 0 Å². The fourth-order valence-corrected chi connectivity index (χ4v) is 5.65. The van der Waals surface area contributed by atoms with Gasteiger partial charge in [0.1, 0.15) is 6.61 Å². The molecule has 0 spiro atoms. The molecular weight excluding hydrogens is 793 g/mol. The molecule has 3 aromatic rings. The number of fused-ring (bicyclic) bond motifs is 3. The highest BCUT2D eigenvalue weighted by Gasteiger charge is 2.30. The summed E-state index contributed by atoms with van der Waals surface area (Å²) in [6.07, 6.45) is -0.286. The second kappa shape index (κ2) is 27.5. The van der Waals surface area contributed by atoms with Crippen molar-refractivity contribution in [3.8, 4) is 16.9 Å². The first-order valence-corrected chi connectivity index (χ1v) is 19.2. The van der Waals surface area contributed by atoms with E-state index in [-0.39, 0.29) is 39.0 Å². The van der Waals surface area contributed by atoms with Crippen LogP contribution in [-0.2, 0) is 47.4 Å². The van der Waals surface area contributed by atoms with E-state index in [0.29, 0.717) is 92.2 Å². The minimum atomic E-state index is -2.35. The van der Waals surface area contributed by atoms with Gasteiger partial charge in [-0.05, 0) is 28.7 Å². The number of hydrogen-bond donors (Lipinski definition) is 1. The van der Waals surface area contributed by atoms with Crippen molar-refractivity contribution in [1.29, 1.82) is 0 Å². The quantitative estimate of drug-likeness (QED) is 0.0211. The van der Waals surface area contributed by atoms with Crippen molar-refractivity contribution in [2.45, 2.75) is 18.8 Å². The van der Waals surface area contributed by atoms with E-state index in [1.807, 2.05) is 24.3 Å². The van der Waals surface area contributed by atoms with E-state index in [1.165, 1.54) is 22.3 Å². The van der Waals surface area contributed by atoms with E-state index < -0.39 is 53.3 Å². The number of amides is 1. The number of ether oxygens (including phenoxy) is 10. The third-order valence-corrected chi connectivity index (χ3v) is 8.52. The van der Waals surface area contributed by atoms with Crippen LogP contribution in [0.25, 0.3) is 11.1 Å². The monoisotopic (exact) mass is 843 g/mol. The van der Waals surface area contributed by atoms with Gasteiger partial charge in [0.05, 0.1) is 106 Å². The number of carbonyl (C=O) groups excluding carboxylic acids is 2. The molecule has 0 aliphatic heterocycles. The molecule has 1 aliphatic carbocycles. The molecule has 326 valence electrons. The summed E-state index contributed by atoms with van der Waals surface area (Å²) in [5.74, 6) is -14.1. The molecule has 0 bridgehead atoms. The first-order valence-electron chi connectivity index (χ1n) is 19.2. The lowest BCUT2D eigenvalue weighted by Crippen LogP contribution is -2.27. The largest absolute Gasteiger partial charge is 0.449 e. The van der Waals surface area contributed by atoms with Crippen LogP contribution in [0.4, 0.5) is 26.7 Å². The summed E-state index contributed by atoms with van der Waals surface area (Å²) in [6, 6.07) is 16.4. The summed E-state index contributed by atoms with van der Waals surface area (Å²) in [5.41, 5.74) is 4.72. The Morgan fingerprint density at radius 2 is 0.864 bits per heavy atom. The molecule has 0 heterocycles. The molecule has 18 heteroatoms. The number of benzene rings is 3. The van der Waals surface area contributed by atoms with Gasteiger partial charge >= 0.3 is 12.1 Å². The van der Waals surface area contributed by atoms with E-state index in [4.69, 9.17) is 42.6 Å². The molecule has 1 amide bonds. The highest BCUT2D eigenvalue weighted by molar-refractivity contribution is 5.79. The Kier molecular flexibility index (Phi) is 22.1. The van der Waals surface area contributed by atoms with E-state index in [1.54, 1.807) is 0 Å². The van der Waals surface area contributed by atoms with Crippen LogP contribution in [0.1, 0.15) is 29.9 Å². The number of carbonyl (C=O) groups is 2. The van der Waals surface area contributed by atoms with Gasteiger partial charge < -0.3 is 52.7 Å². The Morgan fingerprint density at radius 3 is 1.31 bits per heavy atom. The second-order valence-electron chi connectivity index (χ2n) is 12.6. The Bertz CT molecular complexity index is 1650. The summed E-state index contributed by atoms with van der Waals surface area (Å²) >= 11 is 0. The second-order valence-corrected chi connectivity index (χ2v) is 12.6. The first-order chi connectivity index (χ1) is 28.8. The smallest absolute Gasteiger partial charge is 0.407 e. The van der Waals surface area contributed by atoms with Gasteiger partial charge in [-0.15, -0.1) is 0 Å². The third-order valence-electron chi connectivity index (χ3n) is 8.52. The molecule has 1 aliphatic rings. The topological polar surface area (TPSA) is 138 Å². The van der Waals surface area contributed by atoms with Crippen LogP contribution >= 0.6 is 0 Å². The molecule has 0 fully saturated rings. The lowest BCUT2D eigenvalue weighted by molar-refractivity contribution is -0.136. The van der Waals surface area contributed by atoms with E-state index in [2.05, 4.69) is 34.3 Å². The standard InChI is InChI=1S/C41H50F5NO12/c42-35-36(43)38(45)40(39(46)37(35)44)59-34(48)10-13-51-15-17-53-19-21-55-23-25-57-27-26-56-24-22-54-20-18-52-16-14-50-12-5-11-47-41(49)58-28-33-31-8-3-1-6-29(31)30-7-2-4-9-32(30)33/h1-4,6-9,33H,5,10-28H2,(H,47,49). The van der Waals surface area contributed by atoms with Gasteiger partial charge in [0.15, 0.2) is 0 Å². The molecule has 0 unspecified atom stereocenters. The fraction of sp³-hybridized carbons (Fsp3) is 0.512. The van der Waals surface area contributed by atoms with Crippen LogP contribution < -0.4 is 10.1 Å². The predicted molar refractivity (Wildman–Crippen MR) is 201 cm³/mol. The summed E-state index contributed by atoms with van der Waals surface area (Å²) < 4.78 is 120. The molecule has 13 nitrogen and oxygen atoms in total. The Balaban J connectivity index is 0.818. The first kappa shape index (κ1) is 47.4. The zero-order valence-corrected chi connectivity index (χ0v) is 32.6. The maximum Gasteiger partial charge on any atom is 0.407 e. The van der Waals surface area contributed by atoms with Gasteiger partial charge in [0, 0.05) is 19.1 Å². The minimum Gasteiger partial charge on any atom is -0.449 e. The molecule has 0 radical (unpaired) electrons. The van der Waals surface area contributed by atoms with Crippen molar-refractivity contribution in [2.24, 2.45) is 0 Å². The maximum atomic E-state index is 13.6. The third kappa shape index (κ3) is 16.4. The van der Waals surface area contributed by atoms with Gasteiger partial charge in [-0.3, -0.25) is 4.79 Å². The number of alkyl carbamates (subject to hydrolysis) is 1. The van der Waals surface area contributed by atoms with Crippen LogP contribution in [0.15, 0.2) is 48.5 Å². The fourth-order valence-electron chi connectivity index (χ4n) is 5.65. The van der Waals surface area contributed by atoms with E-state index in [9.17, 15) is 31.5 Å². The van der Waals surface area contributed by atoms with Crippen molar-refractivity contribution < 1.29 is 78.9 Å². The zero-order chi connectivity index (χ0) is 42.1. The Labute approximate surface area is 339 Å². The number of rotatable bonds is 31. The van der Waals surface area contributed by atoms with Crippen molar-refractivity contribution in [3.05, 3.63) is 88.7 Å². The molecule has 0 saturated heterocycles. The van der Waals surface area contributed by atoms with Crippen LogP contribution in [0.3, 0.4) is 0 Å². The summed E-state index contributed by atoms with van der Waals surface area (Å²) in [5, 5.41) is 2.78. The van der Waals surface area contributed by atoms with Crippen LogP contribution in [0.2, 0.25) is 0 Å². The average molecular weight is 844 g/mol. The van der Waals surface area contributed by atoms with Crippen LogP contribution in [-0.4, -0.2) is 131 Å². The van der Waals surface area contributed by atoms with Crippen LogP contribution in [0, 0.1) is 29.1 Å². The van der Waals surface area contributed by atoms with Gasteiger partial charge in [-0.1, -0.05) is 48.5 Å². The van der Waals surface area contributed by atoms with Gasteiger partial charge in [-0.2, -0.15) is 8.78 Å². The molecule has 4 rings (SSSR count). The molecule has 0 aromatic heterocycles. The number of nitrogens with one attached hydrogen (secondary N) is 1. The molecule has 0 atom stereocenters. The summed E-state index contributed by atoms with van der Waals surface area (Å²) in [6.45, 7) is 5.83.